The van der Waals surface area contributed by atoms with E-state index in [1.807, 2.05) is 0 Å². The lowest BCUT2D eigenvalue weighted by Crippen LogP contribution is -2.03. The van der Waals surface area contributed by atoms with Crippen molar-refractivity contribution in [3.05, 3.63) is 29.6 Å². The Hall–Kier alpha value is -1.42. The number of esters is 1. The van der Waals surface area contributed by atoms with Crippen molar-refractivity contribution in [3.63, 3.8) is 0 Å². The molecule has 1 heterocycles. The molecule has 1 aromatic rings. The molecule has 68 valence electrons. The summed E-state index contributed by atoms with van der Waals surface area (Å²) in [6, 6.07) is 1.33. The van der Waals surface area contributed by atoms with Gasteiger partial charge in [-0.3, -0.25) is 9.78 Å². The van der Waals surface area contributed by atoms with E-state index in [4.69, 9.17) is 11.6 Å². The molecule has 0 N–H and O–H groups in total. The van der Waals surface area contributed by atoms with Crippen LogP contribution in [-0.4, -0.2) is 23.3 Å². The minimum atomic E-state index is -0.654. The number of rotatable bonds is 2. The predicted octanol–water partition coefficient (Wildman–Crippen LogP) is 1.25. The Labute approximate surface area is 79.5 Å². The first-order valence-corrected chi connectivity index (χ1v) is 3.76. The third-order valence-corrected chi connectivity index (χ3v) is 1.60. The summed E-state index contributed by atoms with van der Waals surface area (Å²) in [5, 5.41) is -0.654. The zero-order valence-corrected chi connectivity index (χ0v) is 7.54. The lowest BCUT2D eigenvalue weighted by Gasteiger charge is -1.98. The molecular formula is C8H6ClNO3. The number of nitrogens with zero attached hydrogens (tertiary/aromatic N) is 1. The SMILES string of the molecule is COC(=O)c1cncc(C(=O)Cl)c1. The molecule has 4 nitrogen and oxygen atoms in total. The Balaban J connectivity index is 3.05. The molecule has 1 aromatic heterocycles. The summed E-state index contributed by atoms with van der Waals surface area (Å²) in [6.45, 7) is 0. The number of hydrogen-bond acceptors (Lipinski definition) is 4. The number of halogens is 1. The van der Waals surface area contributed by atoms with Gasteiger partial charge in [0.05, 0.1) is 18.2 Å². The first-order valence-electron chi connectivity index (χ1n) is 3.38. The summed E-state index contributed by atoms with van der Waals surface area (Å²) in [6.07, 6.45) is 2.58. The highest BCUT2D eigenvalue weighted by Gasteiger charge is 2.09. The van der Waals surface area contributed by atoms with E-state index in [0.717, 1.165) is 0 Å². The lowest BCUT2D eigenvalue weighted by molar-refractivity contribution is 0.0600. The van der Waals surface area contributed by atoms with Crippen LogP contribution in [0.1, 0.15) is 20.7 Å². The van der Waals surface area contributed by atoms with Gasteiger partial charge in [-0.1, -0.05) is 0 Å². The minimum absolute atomic E-state index is 0.171. The van der Waals surface area contributed by atoms with Gasteiger partial charge in [0.2, 0.25) is 0 Å². The number of methoxy groups -OCH3 is 1. The second kappa shape index (κ2) is 4.00. The van der Waals surface area contributed by atoms with Crippen molar-refractivity contribution in [1.82, 2.24) is 4.98 Å². The van der Waals surface area contributed by atoms with Gasteiger partial charge in [0.1, 0.15) is 0 Å². The molecule has 0 atom stereocenters. The van der Waals surface area contributed by atoms with Crippen LogP contribution in [0.5, 0.6) is 0 Å². The monoisotopic (exact) mass is 199 g/mol. The molecule has 1 rings (SSSR count). The second-order valence-corrected chi connectivity index (χ2v) is 2.57. The maximum Gasteiger partial charge on any atom is 0.339 e. The van der Waals surface area contributed by atoms with Crippen molar-refractivity contribution in [3.8, 4) is 0 Å². The van der Waals surface area contributed by atoms with E-state index in [1.165, 1.54) is 25.6 Å². The van der Waals surface area contributed by atoms with Crippen LogP contribution >= 0.6 is 11.6 Å². The molecule has 0 aromatic carbocycles. The van der Waals surface area contributed by atoms with Crippen LogP contribution in [0.4, 0.5) is 0 Å². The quantitative estimate of drug-likeness (QED) is 0.531. The standard InChI is InChI=1S/C8H6ClNO3/c1-13-8(12)6-2-5(7(9)11)3-10-4-6/h2-4H,1H3. The molecule has 0 saturated carbocycles. The summed E-state index contributed by atoms with van der Waals surface area (Å²) in [7, 11) is 1.25. The topological polar surface area (TPSA) is 56.3 Å². The van der Waals surface area contributed by atoms with Crippen LogP contribution < -0.4 is 0 Å². The molecule has 0 aliphatic rings. The molecule has 0 spiro atoms. The average molecular weight is 200 g/mol. The maximum atomic E-state index is 11.0. The van der Waals surface area contributed by atoms with E-state index in [9.17, 15) is 9.59 Å². The van der Waals surface area contributed by atoms with Crippen molar-refractivity contribution >= 4 is 22.8 Å². The minimum Gasteiger partial charge on any atom is -0.465 e. The number of carbonyl (C=O) groups is 2. The number of hydrogen-bond donors (Lipinski definition) is 0. The fraction of sp³-hybridized carbons (Fsp3) is 0.125. The smallest absolute Gasteiger partial charge is 0.339 e. The second-order valence-electron chi connectivity index (χ2n) is 2.23. The van der Waals surface area contributed by atoms with Crippen LogP contribution in [0, 0.1) is 0 Å². The van der Waals surface area contributed by atoms with Crippen LogP contribution in [-0.2, 0) is 4.74 Å². The van der Waals surface area contributed by atoms with Crippen LogP contribution in [0.2, 0.25) is 0 Å². The van der Waals surface area contributed by atoms with Gasteiger partial charge < -0.3 is 4.74 Å². The fourth-order valence-electron chi connectivity index (χ4n) is 0.777. The Morgan fingerprint density at radius 1 is 1.38 bits per heavy atom. The fourth-order valence-corrected chi connectivity index (χ4v) is 0.880. The number of ether oxygens (including phenoxy) is 1. The molecule has 0 aliphatic carbocycles. The molecule has 0 fully saturated rings. The lowest BCUT2D eigenvalue weighted by atomic mass is 10.2. The van der Waals surface area contributed by atoms with E-state index in [0.29, 0.717) is 0 Å². The summed E-state index contributed by atoms with van der Waals surface area (Å²) in [4.78, 5) is 25.3. The molecular weight excluding hydrogens is 194 g/mol. The van der Waals surface area contributed by atoms with Gasteiger partial charge >= 0.3 is 5.97 Å². The van der Waals surface area contributed by atoms with Crippen molar-refractivity contribution in [1.29, 1.82) is 0 Å². The molecule has 0 saturated heterocycles. The van der Waals surface area contributed by atoms with E-state index in [1.54, 1.807) is 0 Å². The van der Waals surface area contributed by atoms with Gasteiger partial charge in [-0.15, -0.1) is 0 Å². The maximum absolute atomic E-state index is 11.0. The van der Waals surface area contributed by atoms with Gasteiger partial charge in [-0.05, 0) is 17.7 Å². The van der Waals surface area contributed by atoms with E-state index >= 15 is 0 Å². The molecule has 0 radical (unpaired) electrons. The average Bonchev–Trinajstić information content (AvgIpc) is 2.17. The summed E-state index contributed by atoms with van der Waals surface area (Å²) in [5.74, 6) is -0.549. The highest BCUT2D eigenvalue weighted by Crippen LogP contribution is 2.06. The third kappa shape index (κ3) is 2.26. The van der Waals surface area contributed by atoms with E-state index < -0.39 is 11.2 Å². The molecule has 0 bridgehead atoms. The zero-order chi connectivity index (χ0) is 9.84. The number of pyridine rings is 1. The molecule has 0 aliphatic heterocycles. The molecule has 0 unspecified atom stereocenters. The van der Waals surface area contributed by atoms with Crippen molar-refractivity contribution in [2.75, 3.05) is 7.11 Å². The number of aromatic nitrogens is 1. The van der Waals surface area contributed by atoms with Crippen molar-refractivity contribution in [2.45, 2.75) is 0 Å². The largest absolute Gasteiger partial charge is 0.465 e. The zero-order valence-electron chi connectivity index (χ0n) is 6.78. The van der Waals surface area contributed by atoms with Crippen molar-refractivity contribution < 1.29 is 14.3 Å². The molecule has 0 amide bonds. The Kier molecular flexibility index (Phi) is 2.97. The van der Waals surface area contributed by atoms with Crippen LogP contribution in [0.25, 0.3) is 0 Å². The van der Waals surface area contributed by atoms with Crippen LogP contribution in [0.15, 0.2) is 18.5 Å². The normalized spacial score (nSPS) is 9.38. The van der Waals surface area contributed by atoms with Crippen LogP contribution in [0.3, 0.4) is 0 Å². The predicted molar refractivity (Wildman–Crippen MR) is 45.8 cm³/mol. The van der Waals surface area contributed by atoms with Gasteiger partial charge in [0.15, 0.2) is 0 Å². The Morgan fingerprint density at radius 3 is 2.54 bits per heavy atom. The molecule has 13 heavy (non-hydrogen) atoms. The van der Waals surface area contributed by atoms with Crippen molar-refractivity contribution in [2.24, 2.45) is 0 Å². The van der Waals surface area contributed by atoms with E-state index in [2.05, 4.69) is 9.72 Å². The summed E-state index contributed by atoms with van der Waals surface area (Å²) >= 11 is 5.19. The Bertz CT molecular complexity index is 351. The van der Waals surface area contributed by atoms with Gasteiger partial charge in [-0.2, -0.15) is 0 Å². The first-order chi connectivity index (χ1) is 6.15. The van der Waals surface area contributed by atoms with E-state index in [-0.39, 0.29) is 11.1 Å². The van der Waals surface area contributed by atoms with Gasteiger partial charge in [0.25, 0.3) is 5.24 Å². The number of carbonyl (C=O) groups excluding carboxylic acids is 2. The highest BCUT2D eigenvalue weighted by atomic mass is 35.5. The van der Waals surface area contributed by atoms with Gasteiger partial charge in [-0.25, -0.2) is 4.79 Å². The third-order valence-electron chi connectivity index (χ3n) is 1.39. The van der Waals surface area contributed by atoms with Gasteiger partial charge in [0, 0.05) is 12.4 Å². The first kappa shape index (κ1) is 9.67. The molecule has 5 heteroatoms. The summed E-state index contributed by atoms with van der Waals surface area (Å²) < 4.78 is 4.44. The highest BCUT2D eigenvalue weighted by molar-refractivity contribution is 6.67. The Morgan fingerprint density at radius 2 is 2.00 bits per heavy atom. The summed E-state index contributed by atoms with van der Waals surface area (Å²) in [5.41, 5.74) is 0.374.